The highest BCUT2D eigenvalue weighted by molar-refractivity contribution is 9.10. The third-order valence-electron chi connectivity index (χ3n) is 3.59. The van der Waals surface area contributed by atoms with E-state index in [1.165, 1.54) is 6.08 Å². The minimum absolute atomic E-state index is 0.0354. The van der Waals surface area contributed by atoms with Gasteiger partial charge in [-0.05, 0) is 48.5 Å². The monoisotopic (exact) mass is 450 g/mol. The third kappa shape index (κ3) is 4.29. The molecule has 1 saturated heterocycles. The van der Waals surface area contributed by atoms with Gasteiger partial charge in [0, 0.05) is 15.1 Å². The van der Waals surface area contributed by atoms with Crippen LogP contribution in [0.5, 0.6) is 5.75 Å². The Balaban J connectivity index is 1.93. The maximum Gasteiger partial charge on any atom is 0.341 e. The third-order valence-corrected chi connectivity index (χ3v) is 4.33. The fraction of sp³-hybridized carbons (Fsp3) is 0.0556. The van der Waals surface area contributed by atoms with Gasteiger partial charge in [0.15, 0.2) is 6.61 Å². The molecule has 3 amide bonds. The zero-order valence-corrected chi connectivity index (χ0v) is 16.0. The number of halogens is 2. The summed E-state index contributed by atoms with van der Waals surface area (Å²) >= 11 is 9.15. The molecule has 2 aromatic carbocycles. The molecule has 0 aliphatic carbocycles. The van der Waals surface area contributed by atoms with Crippen LogP contribution in [0, 0.1) is 0 Å². The number of rotatable bonds is 5. The molecule has 2 N–H and O–H groups in total. The summed E-state index contributed by atoms with van der Waals surface area (Å²) in [6, 6.07) is 10.6. The van der Waals surface area contributed by atoms with Crippen LogP contribution in [0.15, 0.2) is 52.6 Å². The van der Waals surface area contributed by atoms with E-state index >= 15 is 0 Å². The normalized spacial score (nSPS) is 15.2. The maximum atomic E-state index is 12.7. The van der Waals surface area contributed by atoms with Gasteiger partial charge in [-0.25, -0.2) is 14.5 Å². The fourth-order valence-corrected chi connectivity index (χ4v) is 2.92. The summed E-state index contributed by atoms with van der Waals surface area (Å²) in [5.74, 6) is -1.41. The first-order valence-electron chi connectivity index (χ1n) is 7.62. The number of ether oxygens (including phenoxy) is 1. The van der Waals surface area contributed by atoms with Gasteiger partial charge in [0.25, 0.3) is 5.91 Å². The number of carboxylic acid groups (broad SMARTS) is 1. The Hall–Kier alpha value is -2.84. The lowest BCUT2D eigenvalue weighted by atomic mass is 10.1. The molecular formula is C18H12BrClN2O5. The number of aliphatic carboxylic acids is 1. The number of hydrogen-bond acceptors (Lipinski definition) is 4. The van der Waals surface area contributed by atoms with Crippen LogP contribution in [-0.2, 0) is 9.59 Å². The molecule has 9 heteroatoms. The second-order valence-corrected chi connectivity index (χ2v) is 6.82. The Kier molecular flexibility index (Phi) is 5.48. The quantitative estimate of drug-likeness (QED) is 0.534. The van der Waals surface area contributed by atoms with Crippen molar-refractivity contribution in [2.45, 2.75) is 0 Å². The van der Waals surface area contributed by atoms with Crippen LogP contribution in [-0.4, -0.2) is 29.6 Å². The molecular weight excluding hydrogens is 440 g/mol. The standard InChI is InChI=1S/C18H12BrClN2O5/c19-11-1-6-15(27-9-16(23)24)10(7-11)8-14-17(25)22(18(26)21-14)13-4-2-12(20)3-5-13/h1-8H,9H2,(H,21,26)(H,23,24)/b14-8+. The molecule has 1 aliphatic heterocycles. The Morgan fingerprint density at radius 1 is 1.22 bits per heavy atom. The predicted octanol–water partition coefficient (Wildman–Crippen LogP) is 3.66. The number of benzene rings is 2. The van der Waals surface area contributed by atoms with Crippen molar-refractivity contribution in [2.24, 2.45) is 0 Å². The zero-order valence-electron chi connectivity index (χ0n) is 13.6. The first-order chi connectivity index (χ1) is 12.8. The van der Waals surface area contributed by atoms with Crippen LogP contribution >= 0.6 is 27.5 Å². The molecule has 0 bridgehead atoms. The van der Waals surface area contributed by atoms with Crippen LogP contribution in [0.2, 0.25) is 5.02 Å². The van der Waals surface area contributed by atoms with E-state index in [2.05, 4.69) is 21.2 Å². The summed E-state index contributed by atoms with van der Waals surface area (Å²) in [4.78, 5) is 36.6. The lowest BCUT2D eigenvalue weighted by molar-refractivity contribution is -0.139. The molecule has 138 valence electrons. The molecule has 0 spiro atoms. The number of carboxylic acids is 1. The molecule has 27 heavy (non-hydrogen) atoms. The van der Waals surface area contributed by atoms with Gasteiger partial charge in [-0.1, -0.05) is 27.5 Å². The van der Waals surface area contributed by atoms with Crippen molar-refractivity contribution < 1.29 is 24.2 Å². The fourth-order valence-electron chi connectivity index (χ4n) is 2.42. The number of urea groups is 1. The number of nitrogens with zero attached hydrogens (tertiary/aromatic N) is 1. The number of amides is 3. The number of anilines is 1. The van der Waals surface area contributed by atoms with E-state index in [-0.39, 0.29) is 11.4 Å². The summed E-state index contributed by atoms with van der Waals surface area (Å²) in [5, 5.41) is 11.8. The van der Waals surface area contributed by atoms with E-state index in [9.17, 15) is 14.4 Å². The number of hydrogen-bond donors (Lipinski definition) is 2. The average Bonchev–Trinajstić information content (AvgIpc) is 2.89. The van der Waals surface area contributed by atoms with E-state index in [4.69, 9.17) is 21.4 Å². The van der Waals surface area contributed by atoms with Gasteiger partial charge in [-0.3, -0.25) is 4.79 Å². The molecule has 0 atom stereocenters. The first kappa shape index (κ1) is 18.9. The molecule has 7 nitrogen and oxygen atoms in total. The molecule has 0 saturated carbocycles. The molecule has 0 unspecified atom stereocenters. The van der Waals surface area contributed by atoms with E-state index < -0.39 is 24.5 Å². The molecule has 1 fully saturated rings. The lowest BCUT2D eigenvalue weighted by Crippen LogP contribution is -2.30. The summed E-state index contributed by atoms with van der Waals surface area (Å²) in [6.07, 6.45) is 1.43. The minimum atomic E-state index is -1.13. The maximum absolute atomic E-state index is 12.7. The van der Waals surface area contributed by atoms with Crippen molar-refractivity contribution in [2.75, 3.05) is 11.5 Å². The Labute approximate surface area is 167 Å². The molecule has 2 aromatic rings. The van der Waals surface area contributed by atoms with Crippen molar-refractivity contribution in [3.63, 3.8) is 0 Å². The Morgan fingerprint density at radius 3 is 2.59 bits per heavy atom. The van der Waals surface area contributed by atoms with Gasteiger partial charge in [-0.15, -0.1) is 0 Å². The molecule has 0 radical (unpaired) electrons. The minimum Gasteiger partial charge on any atom is -0.481 e. The number of carbonyl (C=O) groups excluding carboxylic acids is 2. The molecule has 0 aromatic heterocycles. The largest absolute Gasteiger partial charge is 0.481 e. The van der Waals surface area contributed by atoms with E-state index in [0.29, 0.717) is 20.7 Å². The van der Waals surface area contributed by atoms with Crippen molar-refractivity contribution in [3.05, 3.63) is 63.2 Å². The van der Waals surface area contributed by atoms with Gasteiger partial charge in [0.05, 0.1) is 5.69 Å². The first-order valence-corrected chi connectivity index (χ1v) is 8.79. The van der Waals surface area contributed by atoms with Crippen LogP contribution in [0.4, 0.5) is 10.5 Å². The van der Waals surface area contributed by atoms with Crippen LogP contribution in [0.25, 0.3) is 6.08 Å². The average molecular weight is 452 g/mol. The summed E-state index contributed by atoms with van der Waals surface area (Å²) in [5.41, 5.74) is 0.849. The number of nitrogens with one attached hydrogen (secondary N) is 1. The Morgan fingerprint density at radius 2 is 1.93 bits per heavy atom. The van der Waals surface area contributed by atoms with Gasteiger partial charge in [-0.2, -0.15) is 0 Å². The second-order valence-electron chi connectivity index (χ2n) is 5.47. The van der Waals surface area contributed by atoms with Gasteiger partial charge in [0.2, 0.25) is 0 Å². The SMILES string of the molecule is O=C(O)COc1ccc(Br)cc1/C=C1/NC(=O)N(c2ccc(Cl)cc2)C1=O. The zero-order chi connectivity index (χ0) is 19.6. The van der Waals surface area contributed by atoms with Crippen LogP contribution in [0.1, 0.15) is 5.56 Å². The van der Waals surface area contributed by atoms with Crippen LogP contribution < -0.4 is 15.0 Å². The molecule has 3 rings (SSSR count). The van der Waals surface area contributed by atoms with E-state index in [1.807, 2.05) is 0 Å². The van der Waals surface area contributed by atoms with E-state index in [1.54, 1.807) is 42.5 Å². The highest BCUT2D eigenvalue weighted by Gasteiger charge is 2.35. The van der Waals surface area contributed by atoms with Gasteiger partial charge in [0.1, 0.15) is 11.4 Å². The topological polar surface area (TPSA) is 95.9 Å². The van der Waals surface area contributed by atoms with E-state index in [0.717, 1.165) is 4.90 Å². The second kappa shape index (κ2) is 7.81. The van der Waals surface area contributed by atoms with Crippen molar-refractivity contribution >= 4 is 57.2 Å². The van der Waals surface area contributed by atoms with Crippen molar-refractivity contribution in [3.8, 4) is 5.75 Å². The van der Waals surface area contributed by atoms with Gasteiger partial charge >= 0.3 is 12.0 Å². The Bertz CT molecular complexity index is 959. The van der Waals surface area contributed by atoms with Crippen molar-refractivity contribution in [1.82, 2.24) is 5.32 Å². The molecule has 1 heterocycles. The molecule has 1 aliphatic rings. The number of carbonyl (C=O) groups is 3. The van der Waals surface area contributed by atoms with Crippen LogP contribution in [0.3, 0.4) is 0 Å². The highest BCUT2D eigenvalue weighted by Crippen LogP contribution is 2.28. The van der Waals surface area contributed by atoms with Crippen molar-refractivity contribution in [1.29, 1.82) is 0 Å². The number of imide groups is 1. The lowest BCUT2D eigenvalue weighted by Gasteiger charge is -2.11. The summed E-state index contributed by atoms with van der Waals surface area (Å²) < 4.78 is 5.93. The predicted molar refractivity (Wildman–Crippen MR) is 103 cm³/mol. The van der Waals surface area contributed by atoms with Gasteiger partial charge < -0.3 is 15.2 Å². The summed E-state index contributed by atoms with van der Waals surface area (Å²) in [6.45, 7) is -0.533. The smallest absolute Gasteiger partial charge is 0.341 e. The summed E-state index contributed by atoms with van der Waals surface area (Å²) in [7, 11) is 0. The highest BCUT2D eigenvalue weighted by atomic mass is 79.9.